The lowest BCUT2D eigenvalue weighted by atomic mass is 10.1. The fraction of sp³-hybridized carbons (Fsp3) is 0.533. The van der Waals surface area contributed by atoms with Crippen LogP contribution in [0.3, 0.4) is 0 Å². The van der Waals surface area contributed by atoms with E-state index in [1.54, 1.807) is 0 Å². The van der Waals surface area contributed by atoms with Crippen molar-refractivity contribution >= 4 is 33.2 Å². The summed E-state index contributed by atoms with van der Waals surface area (Å²) in [5.41, 5.74) is 3.17. The van der Waals surface area contributed by atoms with Crippen molar-refractivity contribution in [1.82, 2.24) is 5.32 Å². The highest BCUT2D eigenvalue weighted by molar-refractivity contribution is 9.10. The first-order valence-electron chi connectivity index (χ1n) is 7.27. The largest absolute Gasteiger partial charge is 0.371 e. The summed E-state index contributed by atoms with van der Waals surface area (Å²) in [6.07, 6.45) is 5.12. The number of anilines is 2. The summed E-state index contributed by atoms with van der Waals surface area (Å²) in [5, 5.41) is 6.03. The number of carbonyl (C=O) groups is 1. The molecule has 1 fully saturated rings. The number of hydrogen-bond donors (Lipinski definition) is 2. The number of nitrogens with zero attached hydrogens (tertiary/aromatic N) is 1. The number of likely N-dealkylation sites (N-methyl/N-ethyl adjacent to an activating group) is 1. The number of hydrogen-bond acceptors (Lipinski definition) is 3. The van der Waals surface area contributed by atoms with Crippen molar-refractivity contribution in [2.45, 2.75) is 31.7 Å². The minimum atomic E-state index is -0.237. The van der Waals surface area contributed by atoms with Gasteiger partial charge in [-0.15, -0.1) is 0 Å². The van der Waals surface area contributed by atoms with Gasteiger partial charge >= 0.3 is 0 Å². The molecule has 1 aromatic rings. The molecule has 2 heterocycles. The third kappa shape index (κ3) is 2.44. The van der Waals surface area contributed by atoms with Crippen molar-refractivity contribution < 1.29 is 4.79 Å². The Morgan fingerprint density at radius 2 is 1.95 bits per heavy atom. The number of benzene rings is 1. The minimum Gasteiger partial charge on any atom is -0.371 e. The second kappa shape index (κ2) is 5.74. The maximum absolute atomic E-state index is 11.9. The molecule has 20 heavy (non-hydrogen) atoms. The van der Waals surface area contributed by atoms with Crippen LogP contribution in [0.1, 0.15) is 37.3 Å². The molecule has 2 N–H and O–H groups in total. The van der Waals surface area contributed by atoms with Gasteiger partial charge in [0.05, 0.1) is 5.69 Å². The highest BCUT2D eigenvalue weighted by atomic mass is 79.9. The zero-order valence-corrected chi connectivity index (χ0v) is 13.3. The molecule has 108 valence electrons. The van der Waals surface area contributed by atoms with E-state index in [1.807, 2.05) is 7.05 Å². The van der Waals surface area contributed by atoms with Crippen LogP contribution in [0.15, 0.2) is 16.6 Å². The van der Waals surface area contributed by atoms with Gasteiger partial charge in [-0.25, -0.2) is 0 Å². The smallest absolute Gasteiger partial charge is 0.246 e. The van der Waals surface area contributed by atoms with Gasteiger partial charge in [-0.05, 0) is 48.0 Å². The van der Waals surface area contributed by atoms with Crippen LogP contribution in [0, 0.1) is 0 Å². The van der Waals surface area contributed by atoms with E-state index in [0.29, 0.717) is 0 Å². The third-order valence-corrected chi connectivity index (χ3v) is 4.82. The number of halogens is 1. The lowest BCUT2D eigenvalue weighted by molar-refractivity contribution is -0.117. The Morgan fingerprint density at radius 1 is 1.25 bits per heavy atom. The fourth-order valence-corrected chi connectivity index (χ4v) is 3.72. The molecule has 4 nitrogen and oxygen atoms in total. The minimum absolute atomic E-state index is 0.0300. The van der Waals surface area contributed by atoms with E-state index in [9.17, 15) is 4.79 Å². The molecule has 2 aliphatic heterocycles. The molecule has 0 aliphatic carbocycles. The number of nitrogens with one attached hydrogen (secondary N) is 2. The molecule has 1 atom stereocenters. The maximum Gasteiger partial charge on any atom is 0.246 e. The van der Waals surface area contributed by atoms with E-state index in [2.05, 4.69) is 43.6 Å². The molecule has 5 heteroatoms. The van der Waals surface area contributed by atoms with Gasteiger partial charge in [-0.2, -0.15) is 0 Å². The van der Waals surface area contributed by atoms with E-state index in [0.717, 1.165) is 28.8 Å². The van der Waals surface area contributed by atoms with E-state index in [1.165, 1.54) is 31.4 Å². The summed E-state index contributed by atoms with van der Waals surface area (Å²) in [7, 11) is 1.82. The van der Waals surface area contributed by atoms with Crippen LogP contribution in [-0.2, 0) is 4.79 Å². The summed E-state index contributed by atoms with van der Waals surface area (Å²) < 4.78 is 1.08. The fourth-order valence-electron chi connectivity index (χ4n) is 3.11. The van der Waals surface area contributed by atoms with E-state index in [-0.39, 0.29) is 11.9 Å². The van der Waals surface area contributed by atoms with E-state index < -0.39 is 0 Å². The molecule has 1 aromatic carbocycles. The van der Waals surface area contributed by atoms with Gasteiger partial charge in [0.1, 0.15) is 6.04 Å². The van der Waals surface area contributed by atoms with Gasteiger partial charge in [0.2, 0.25) is 5.91 Å². The van der Waals surface area contributed by atoms with Crippen LogP contribution in [0.25, 0.3) is 0 Å². The lowest BCUT2D eigenvalue weighted by Crippen LogP contribution is -2.24. The molecule has 0 spiro atoms. The van der Waals surface area contributed by atoms with Crippen LogP contribution in [0.2, 0.25) is 0 Å². The molecule has 1 saturated heterocycles. The zero-order chi connectivity index (χ0) is 14.1. The standard InChI is InChI=1S/C15H20BrN3O/c1-17-14-10-8-11(16)13(9-12(10)18-15(14)20)19-6-4-2-3-5-7-19/h8-9,14,17H,2-7H2,1H3,(H,18,20). The summed E-state index contributed by atoms with van der Waals surface area (Å²) >= 11 is 3.68. The number of amides is 1. The zero-order valence-electron chi connectivity index (χ0n) is 11.7. The SMILES string of the molecule is CNC1C(=O)Nc2cc(N3CCCCCC3)c(Br)cc21. The predicted octanol–water partition coefficient (Wildman–Crippen LogP) is 3.04. The molecule has 1 unspecified atom stereocenters. The van der Waals surface area contributed by atoms with Crippen molar-refractivity contribution in [2.24, 2.45) is 0 Å². The van der Waals surface area contributed by atoms with Crippen LogP contribution >= 0.6 is 15.9 Å². The Bertz CT molecular complexity index is 524. The molecule has 0 aromatic heterocycles. The van der Waals surface area contributed by atoms with Crippen LogP contribution in [0.4, 0.5) is 11.4 Å². The first-order valence-corrected chi connectivity index (χ1v) is 8.06. The van der Waals surface area contributed by atoms with E-state index >= 15 is 0 Å². The first kappa shape index (κ1) is 13.9. The van der Waals surface area contributed by atoms with Crippen LogP contribution < -0.4 is 15.5 Å². The average Bonchev–Trinajstić information content (AvgIpc) is 2.62. The lowest BCUT2D eigenvalue weighted by Gasteiger charge is -2.25. The van der Waals surface area contributed by atoms with Gasteiger partial charge in [0.25, 0.3) is 0 Å². The summed E-state index contributed by atoms with van der Waals surface area (Å²) in [4.78, 5) is 14.3. The van der Waals surface area contributed by atoms with Crippen molar-refractivity contribution in [3.05, 3.63) is 22.2 Å². The number of carbonyl (C=O) groups excluding carboxylic acids is 1. The Balaban J connectivity index is 1.94. The van der Waals surface area contributed by atoms with Crippen molar-refractivity contribution in [3.8, 4) is 0 Å². The second-order valence-corrected chi connectivity index (χ2v) is 6.36. The Morgan fingerprint density at radius 3 is 2.60 bits per heavy atom. The molecule has 3 rings (SSSR count). The average molecular weight is 338 g/mol. The van der Waals surface area contributed by atoms with Crippen molar-refractivity contribution in [3.63, 3.8) is 0 Å². The van der Waals surface area contributed by atoms with Gasteiger partial charge in [0, 0.05) is 28.8 Å². The molecular formula is C15H20BrN3O. The molecule has 0 radical (unpaired) electrons. The van der Waals surface area contributed by atoms with Gasteiger partial charge in [0.15, 0.2) is 0 Å². The molecule has 0 saturated carbocycles. The second-order valence-electron chi connectivity index (χ2n) is 5.50. The Hall–Kier alpha value is -1.07. The van der Waals surface area contributed by atoms with Gasteiger partial charge in [-0.3, -0.25) is 4.79 Å². The third-order valence-electron chi connectivity index (χ3n) is 4.19. The van der Waals surface area contributed by atoms with Gasteiger partial charge in [-0.1, -0.05) is 12.8 Å². The van der Waals surface area contributed by atoms with Gasteiger partial charge < -0.3 is 15.5 Å². The normalized spacial score (nSPS) is 22.4. The van der Waals surface area contributed by atoms with E-state index in [4.69, 9.17) is 0 Å². The highest BCUT2D eigenvalue weighted by Crippen LogP contribution is 2.39. The Labute approximate surface area is 128 Å². The molecule has 1 amide bonds. The number of fused-ring (bicyclic) bond motifs is 1. The summed E-state index contributed by atoms with van der Waals surface area (Å²) in [5.74, 6) is 0.0300. The predicted molar refractivity (Wildman–Crippen MR) is 85.3 cm³/mol. The van der Waals surface area contributed by atoms with Crippen LogP contribution in [0.5, 0.6) is 0 Å². The quantitative estimate of drug-likeness (QED) is 0.871. The highest BCUT2D eigenvalue weighted by Gasteiger charge is 2.30. The monoisotopic (exact) mass is 337 g/mol. The topological polar surface area (TPSA) is 44.4 Å². The summed E-state index contributed by atoms with van der Waals surface area (Å²) in [6, 6.07) is 3.95. The Kier molecular flexibility index (Phi) is 3.98. The maximum atomic E-state index is 11.9. The number of rotatable bonds is 2. The molecule has 2 aliphatic rings. The van der Waals surface area contributed by atoms with Crippen LogP contribution in [-0.4, -0.2) is 26.0 Å². The molecular weight excluding hydrogens is 318 g/mol. The first-order chi connectivity index (χ1) is 9.70. The van der Waals surface area contributed by atoms with Crippen molar-refractivity contribution in [1.29, 1.82) is 0 Å². The summed E-state index contributed by atoms with van der Waals surface area (Å²) in [6.45, 7) is 2.20. The molecule has 0 bridgehead atoms. The van der Waals surface area contributed by atoms with Crippen molar-refractivity contribution in [2.75, 3.05) is 30.4 Å².